The average Bonchev–Trinajstić information content (AvgIpc) is 2.24. The highest BCUT2D eigenvalue weighted by Gasteiger charge is 2.26. The number of benzene rings is 1. The fraction of sp³-hybridized carbons (Fsp3) is 0.100. The summed E-state index contributed by atoms with van der Waals surface area (Å²) in [4.78, 5) is 33.1. The zero-order valence-electron chi connectivity index (χ0n) is 8.55. The van der Waals surface area contributed by atoms with Gasteiger partial charge in [0.25, 0.3) is 17.9 Å². The zero-order chi connectivity index (χ0) is 13.0. The van der Waals surface area contributed by atoms with Gasteiger partial charge in [0.15, 0.2) is 0 Å². The van der Waals surface area contributed by atoms with Crippen LogP contribution in [0.5, 0.6) is 0 Å². The molecule has 0 aromatic heterocycles. The maximum Gasteiger partial charge on any atom is 0.339 e. The van der Waals surface area contributed by atoms with Gasteiger partial charge in [-0.15, -0.1) is 0 Å². The SMILES string of the molecule is NC(=O)C(OC(=O)c1cccc(Cl)c1)C(N)=O. The van der Waals surface area contributed by atoms with Crippen LogP contribution in [0.2, 0.25) is 5.02 Å². The number of amides is 2. The van der Waals surface area contributed by atoms with Crippen LogP contribution in [-0.4, -0.2) is 23.9 Å². The van der Waals surface area contributed by atoms with E-state index in [1.807, 2.05) is 0 Å². The fourth-order valence-electron chi connectivity index (χ4n) is 1.05. The molecule has 90 valence electrons. The summed E-state index contributed by atoms with van der Waals surface area (Å²) in [5, 5.41) is 0.314. The molecule has 1 aromatic rings. The number of carbonyl (C=O) groups is 3. The summed E-state index contributed by atoms with van der Waals surface area (Å²) in [5.74, 6) is -3.17. The van der Waals surface area contributed by atoms with E-state index >= 15 is 0 Å². The minimum atomic E-state index is -1.79. The van der Waals surface area contributed by atoms with E-state index in [-0.39, 0.29) is 5.56 Å². The molecule has 0 aliphatic rings. The first-order valence-corrected chi connectivity index (χ1v) is 4.85. The molecule has 0 fully saturated rings. The Kier molecular flexibility index (Phi) is 4.06. The third kappa shape index (κ3) is 3.46. The number of hydrogen-bond donors (Lipinski definition) is 2. The number of ether oxygens (including phenoxy) is 1. The first-order chi connectivity index (χ1) is 7.91. The quantitative estimate of drug-likeness (QED) is 0.575. The van der Waals surface area contributed by atoms with Gasteiger partial charge in [-0.3, -0.25) is 9.59 Å². The van der Waals surface area contributed by atoms with Crippen molar-refractivity contribution in [2.75, 3.05) is 0 Å². The molecular formula is C10H9ClN2O4. The summed E-state index contributed by atoms with van der Waals surface area (Å²) in [6.45, 7) is 0. The Hall–Kier alpha value is -2.08. The Balaban J connectivity index is 2.85. The summed E-state index contributed by atoms with van der Waals surface area (Å²) < 4.78 is 4.57. The van der Waals surface area contributed by atoms with E-state index in [9.17, 15) is 14.4 Å². The third-order valence-corrected chi connectivity index (χ3v) is 2.04. The predicted molar refractivity (Wildman–Crippen MR) is 59.0 cm³/mol. The number of rotatable bonds is 4. The van der Waals surface area contributed by atoms with Crippen LogP contribution in [0.25, 0.3) is 0 Å². The molecule has 2 amide bonds. The van der Waals surface area contributed by atoms with Gasteiger partial charge in [-0.2, -0.15) is 0 Å². The van der Waals surface area contributed by atoms with Crippen molar-refractivity contribution in [2.24, 2.45) is 11.5 Å². The summed E-state index contributed by atoms with van der Waals surface area (Å²) in [6.07, 6.45) is -1.79. The molecule has 0 aliphatic carbocycles. The Morgan fingerprint density at radius 2 is 1.76 bits per heavy atom. The lowest BCUT2D eigenvalue weighted by Gasteiger charge is -2.10. The van der Waals surface area contributed by atoms with Crippen molar-refractivity contribution in [1.82, 2.24) is 0 Å². The molecule has 0 saturated carbocycles. The maximum atomic E-state index is 11.5. The topological polar surface area (TPSA) is 112 Å². The van der Waals surface area contributed by atoms with Gasteiger partial charge < -0.3 is 16.2 Å². The average molecular weight is 257 g/mol. The van der Waals surface area contributed by atoms with Gasteiger partial charge in [0.1, 0.15) is 0 Å². The molecule has 0 unspecified atom stereocenters. The molecule has 0 heterocycles. The van der Waals surface area contributed by atoms with Crippen LogP contribution >= 0.6 is 11.6 Å². The van der Waals surface area contributed by atoms with E-state index in [0.29, 0.717) is 5.02 Å². The molecule has 17 heavy (non-hydrogen) atoms. The molecule has 0 aliphatic heterocycles. The van der Waals surface area contributed by atoms with Gasteiger partial charge >= 0.3 is 5.97 Å². The molecular weight excluding hydrogens is 248 g/mol. The molecule has 7 heteroatoms. The van der Waals surface area contributed by atoms with Crippen LogP contribution in [0.15, 0.2) is 24.3 Å². The largest absolute Gasteiger partial charge is 0.438 e. The Bertz CT molecular complexity index is 461. The van der Waals surface area contributed by atoms with Crippen LogP contribution < -0.4 is 11.5 Å². The number of carbonyl (C=O) groups excluding carboxylic acids is 3. The minimum absolute atomic E-state index is 0.0880. The standard InChI is InChI=1S/C10H9ClN2O4/c11-6-3-1-2-5(4-6)10(16)17-7(8(12)14)9(13)15/h1-4,7H,(H2,12,14)(H2,13,15). The number of primary amides is 2. The van der Waals surface area contributed by atoms with E-state index in [0.717, 1.165) is 0 Å². The van der Waals surface area contributed by atoms with Crippen molar-refractivity contribution in [3.05, 3.63) is 34.9 Å². The second kappa shape index (κ2) is 5.31. The zero-order valence-corrected chi connectivity index (χ0v) is 9.31. The second-order valence-electron chi connectivity index (χ2n) is 3.10. The maximum absolute atomic E-state index is 11.5. The molecule has 0 saturated heterocycles. The van der Waals surface area contributed by atoms with Gasteiger partial charge in [-0.1, -0.05) is 17.7 Å². The highest BCUT2D eigenvalue weighted by Crippen LogP contribution is 2.12. The lowest BCUT2D eigenvalue weighted by atomic mass is 10.2. The molecule has 1 rings (SSSR count). The molecule has 0 atom stereocenters. The lowest BCUT2D eigenvalue weighted by Crippen LogP contribution is -2.43. The minimum Gasteiger partial charge on any atom is -0.438 e. The van der Waals surface area contributed by atoms with Gasteiger partial charge in [-0.05, 0) is 18.2 Å². The molecule has 6 nitrogen and oxygen atoms in total. The monoisotopic (exact) mass is 256 g/mol. The summed E-state index contributed by atoms with van der Waals surface area (Å²) in [6, 6.07) is 5.80. The second-order valence-corrected chi connectivity index (χ2v) is 3.54. The molecule has 0 bridgehead atoms. The highest BCUT2D eigenvalue weighted by molar-refractivity contribution is 6.30. The summed E-state index contributed by atoms with van der Waals surface area (Å²) in [7, 11) is 0. The van der Waals surface area contributed by atoms with Crippen LogP contribution in [0.1, 0.15) is 10.4 Å². The molecule has 0 radical (unpaired) electrons. The summed E-state index contributed by atoms with van der Waals surface area (Å²) in [5.41, 5.74) is 9.79. The van der Waals surface area contributed by atoms with E-state index in [1.165, 1.54) is 18.2 Å². The van der Waals surface area contributed by atoms with E-state index in [4.69, 9.17) is 23.1 Å². The van der Waals surface area contributed by atoms with Gasteiger partial charge in [0.2, 0.25) is 0 Å². The predicted octanol–water partition coefficient (Wildman–Crippen LogP) is -0.164. The van der Waals surface area contributed by atoms with E-state index in [2.05, 4.69) is 4.74 Å². The van der Waals surface area contributed by atoms with Crippen molar-refractivity contribution < 1.29 is 19.1 Å². The summed E-state index contributed by atoms with van der Waals surface area (Å²) >= 11 is 5.66. The lowest BCUT2D eigenvalue weighted by molar-refractivity contribution is -0.137. The first-order valence-electron chi connectivity index (χ1n) is 4.47. The van der Waals surface area contributed by atoms with Crippen LogP contribution in [0.3, 0.4) is 0 Å². The van der Waals surface area contributed by atoms with Crippen molar-refractivity contribution in [3.63, 3.8) is 0 Å². The molecule has 1 aromatic carbocycles. The van der Waals surface area contributed by atoms with Gasteiger partial charge in [0.05, 0.1) is 5.56 Å². The first kappa shape index (κ1) is 13.0. The third-order valence-electron chi connectivity index (χ3n) is 1.80. The highest BCUT2D eigenvalue weighted by atomic mass is 35.5. The van der Waals surface area contributed by atoms with Crippen molar-refractivity contribution in [3.8, 4) is 0 Å². The number of halogens is 1. The molecule has 4 N–H and O–H groups in total. The van der Waals surface area contributed by atoms with E-state index in [1.54, 1.807) is 6.07 Å². The fourth-order valence-corrected chi connectivity index (χ4v) is 1.24. The number of esters is 1. The number of hydrogen-bond acceptors (Lipinski definition) is 4. The Labute approximate surface area is 101 Å². The smallest absolute Gasteiger partial charge is 0.339 e. The van der Waals surface area contributed by atoms with Crippen LogP contribution in [0, 0.1) is 0 Å². The van der Waals surface area contributed by atoms with Crippen LogP contribution in [0.4, 0.5) is 0 Å². The van der Waals surface area contributed by atoms with E-state index < -0.39 is 23.9 Å². The van der Waals surface area contributed by atoms with Crippen molar-refractivity contribution >= 4 is 29.4 Å². The Morgan fingerprint density at radius 1 is 1.18 bits per heavy atom. The number of nitrogens with two attached hydrogens (primary N) is 2. The van der Waals surface area contributed by atoms with Crippen molar-refractivity contribution in [1.29, 1.82) is 0 Å². The normalized spacial score (nSPS) is 10.0. The van der Waals surface area contributed by atoms with Gasteiger partial charge in [-0.25, -0.2) is 4.79 Å². The van der Waals surface area contributed by atoms with Gasteiger partial charge in [0, 0.05) is 5.02 Å². The Morgan fingerprint density at radius 3 is 2.24 bits per heavy atom. The van der Waals surface area contributed by atoms with Crippen LogP contribution in [-0.2, 0) is 14.3 Å². The molecule has 0 spiro atoms. The van der Waals surface area contributed by atoms with Crippen molar-refractivity contribution in [2.45, 2.75) is 6.10 Å².